The van der Waals surface area contributed by atoms with Crippen molar-refractivity contribution in [1.29, 1.82) is 0 Å². The lowest BCUT2D eigenvalue weighted by atomic mass is 9.99. The number of phosphoric acid groups is 2. The van der Waals surface area contributed by atoms with E-state index in [1.165, 1.54) is 32.1 Å². The van der Waals surface area contributed by atoms with Gasteiger partial charge in [-0.15, -0.1) is 0 Å². The molecule has 0 spiro atoms. The van der Waals surface area contributed by atoms with E-state index in [2.05, 4.69) is 59.4 Å². The minimum atomic E-state index is -4.87. The molecule has 0 aromatic rings. The van der Waals surface area contributed by atoms with Crippen LogP contribution in [0.3, 0.4) is 0 Å². The van der Waals surface area contributed by atoms with Crippen molar-refractivity contribution in [2.24, 2.45) is 5.92 Å². The molecule has 14 nitrogen and oxygen atoms in total. The third-order valence-corrected chi connectivity index (χ3v) is 10.2. The summed E-state index contributed by atoms with van der Waals surface area (Å²) >= 11 is 0. The first kappa shape index (κ1) is 55.0. The average molecular weight is 853 g/mol. The van der Waals surface area contributed by atoms with Crippen LogP contribution < -0.4 is 0 Å². The number of phosphoric ester groups is 2. The summed E-state index contributed by atoms with van der Waals surface area (Å²) in [6.45, 7) is 1.98. The van der Waals surface area contributed by atoms with Crippen molar-refractivity contribution in [2.45, 2.75) is 161 Å². The van der Waals surface area contributed by atoms with Gasteiger partial charge in [0, 0.05) is 19.4 Å². The zero-order chi connectivity index (χ0) is 42.5. The van der Waals surface area contributed by atoms with Gasteiger partial charge in [0.2, 0.25) is 0 Å². The van der Waals surface area contributed by atoms with Gasteiger partial charge in [0.1, 0.15) is 12.7 Å². The lowest BCUT2D eigenvalue weighted by Gasteiger charge is -2.20. The Hall–Kier alpha value is -1.96. The Labute approximate surface area is 342 Å². The normalized spacial score (nSPS) is 15.1. The minimum Gasteiger partial charge on any atom is -0.462 e. The molecule has 2 unspecified atom stereocenters. The van der Waals surface area contributed by atoms with Crippen molar-refractivity contribution in [3.05, 3.63) is 48.6 Å². The van der Waals surface area contributed by atoms with Gasteiger partial charge in [0.15, 0.2) is 6.10 Å². The van der Waals surface area contributed by atoms with Crippen LogP contribution in [0.25, 0.3) is 0 Å². The number of ether oxygens (including phenoxy) is 2. The first-order chi connectivity index (χ1) is 27.3. The van der Waals surface area contributed by atoms with Gasteiger partial charge in [-0.3, -0.25) is 23.2 Å². The van der Waals surface area contributed by atoms with Crippen LogP contribution in [0.1, 0.15) is 149 Å². The number of aliphatic hydroxyl groups is 2. The number of aliphatic hydroxyl groups excluding tert-OH is 2. The maximum Gasteiger partial charge on any atom is 0.472 e. The first-order valence-electron chi connectivity index (χ1n) is 20.8. The van der Waals surface area contributed by atoms with E-state index in [9.17, 15) is 28.7 Å². The molecule has 0 amide bonds. The Morgan fingerprint density at radius 3 is 1.67 bits per heavy atom. The van der Waals surface area contributed by atoms with Crippen LogP contribution in [-0.4, -0.2) is 82.1 Å². The van der Waals surface area contributed by atoms with Crippen LogP contribution in [0.15, 0.2) is 48.6 Å². The van der Waals surface area contributed by atoms with Crippen LogP contribution >= 0.6 is 15.6 Å². The predicted molar refractivity (Wildman–Crippen MR) is 222 cm³/mol. The number of carbonyl (C=O) groups excluding carboxylic acids is 2. The molecule has 0 aromatic carbocycles. The summed E-state index contributed by atoms with van der Waals surface area (Å²) in [6, 6.07) is 0. The fourth-order valence-corrected chi connectivity index (χ4v) is 6.39. The summed E-state index contributed by atoms with van der Waals surface area (Å²) < 4.78 is 47.6. The Morgan fingerprint density at radius 1 is 0.596 bits per heavy atom. The van der Waals surface area contributed by atoms with E-state index in [0.29, 0.717) is 19.3 Å². The molecular formula is C41H74O14P2. The van der Waals surface area contributed by atoms with Gasteiger partial charge < -0.3 is 34.4 Å². The SMILES string of the molecule is CCC(C)CCCCCCCCCCC(=O)O[C@H](COC(=O)CCC/C=C\C/C=C\C/C=C\C/C=C\CCCCCO)COP(=O)(O)OC[C@@H](O)COP(=O)(O)O. The van der Waals surface area contributed by atoms with E-state index in [4.69, 9.17) is 28.9 Å². The molecule has 0 fully saturated rings. The van der Waals surface area contributed by atoms with Crippen molar-refractivity contribution in [1.82, 2.24) is 0 Å². The van der Waals surface area contributed by atoms with Gasteiger partial charge >= 0.3 is 27.6 Å². The first-order valence-corrected chi connectivity index (χ1v) is 23.9. The number of unbranched alkanes of at least 4 members (excludes halogenated alkanes) is 11. The van der Waals surface area contributed by atoms with Crippen molar-refractivity contribution < 1.29 is 66.7 Å². The Kier molecular flexibility index (Phi) is 35.8. The monoisotopic (exact) mass is 852 g/mol. The van der Waals surface area contributed by atoms with Crippen LogP contribution in [0, 0.1) is 5.92 Å². The molecule has 0 saturated carbocycles. The van der Waals surface area contributed by atoms with Gasteiger partial charge in [0.25, 0.3) is 0 Å². The number of hydrogen-bond donors (Lipinski definition) is 5. The highest BCUT2D eigenvalue weighted by atomic mass is 31.2. The molecule has 0 bridgehead atoms. The summed E-state index contributed by atoms with van der Waals surface area (Å²) in [5, 5.41) is 18.5. The van der Waals surface area contributed by atoms with Crippen LogP contribution in [0.5, 0.6) is 0 Å². The zero-order valence-corrected chi connectivity index (χ0v) is 36.3. The van der Waals surface area contributed by atoms with E-state index in [-0.39, 0.29) is 19.4 Å². The molecule has 16 heteroatoms. The van der Waals surface area contributed by atoms with Gasteiger partial charge in [-0.05, 0) is 63.7 Å². The highest BCUT2D eigenvalue weighted by molar-refractivity contribution is 7.47. The van der Waals surface area contributed by atoms with Gasteiger partial charge in [0.05, 0.1) is 19.8 Å². The molecule has 0 saturated heterocycles. The third kappa shape index (κ3) is 40.6. The summed E-state index contributed by atoms with van der Waals surface area (Å²) in [5.74, 6) is -0.334. The highest BCUT2D eigenvalue weighted by Gasteiger charge is 2.28. The second kappa shape index (κ2) is 37.1. The number of allylic oxidation sites excluding steroid dienone is 8. The molecule has 0 rings (SSSR count). The summed E-state index contributed by atoms with van der Waals surface area (Å²) in [4.78, 5) is 52.5. The van der Waals surface area contributed by atoms with Gasteiger partial charge in [-0.1, -0.05) is 127 Å². The summed E-state index contributed by atoms with van der Waals surface area (Å²) in [7, 11) is -9.69. The van der Waals surface area contributed by atoms with Crippen molar-refractivity contribution in [2.75, 3.05) is 33.0 Å². The predicted octanol–water partition coefficient (Wildman–Crippen LogP) is 9.11. The van der Waals surface area contributed by atoms with Crippen molar-refractivity contribution in [3.8, 4) is 0 Å². The summed E-state index contributed by atoms with van der Waals surface area (Å²) in [6.07, 6.45) is 32.8. The van der Waals surface area contributed by atoms with Gasteiger partial charge in [-0.2, -0.15) is 0 Å². The van der Waals surface area contributed by atoms with Crippen LogP contribution in [0.2, 0.25) is 0 Å². The lowest BCUT2D eigenvalue weighted by molar-refractivity contribution is -0.161. The fourth-order valence-electron chi connectivity index (χ4n) is 5.24. The van der Waals surface area contributed by atoms with E-state index in [1.807, 2.05) is 12.2 Å². The standard InChI is InChI=1S/C41H74O14P2/c1-3-37(2)29-25-21-17-14-15-19-23-27-31-41(45)55-39(36-54-57(49,50)53-34-38(43)33-52-56(46,47)48)35-51-40(44)30-26-22-18-13-11-9-7-5-4-6-8-10-12-16-20-24-28-32-42/h4,6-7,9-10,12-13,18,37-39,42-43H,3,5,8,11,14-17,19-36H2,1-2H3,(H,49,50)(H2,46,47,48)/b6-4-,9-7-,12-10-,18-13-/t37?,38-,39+/m0/s1. The molecule has 0 aromatic heterocycles. The van der Waals surface area contributed by atoms with E-state index in [1.54, 1.807) is 0 Å². The third-order valence-electron chi connectivity index (χ3n) is 8.81. The minimum absolute atomic E-state index is 0.109. The van der Waals surface area contributed by atoms with E-state index < -0.39 is 66.2 Å². The number of hydrogen-bond acceptors (Lipinski definition) is 11. The molecule has 57 heavy (non-hydrogen) atoms. The van der Waals surface area contributed by atoms with E-state index in [0.717, 1.165) is 76.5 Å². The largest absolute Gasteiger partial charge is 0.472 e. The topological polar surface area (TPSA) is 216 Å². The molecule has 332 valence electrons. The Morgan fingerprint density at radius 2 is 1.09 bits per heavy atom. The maximum absolute atomic E-state index is 12.6. The van der Waals surface area contributed by atoms with E-state index >= 15 is 0 Å². The molecule has 0 aliphatic heterocycles. The molecule has 0 aliphatic rings. The second-order valence-corrected chi connectivity index (χ2v) is 16.9. The maximum atomic E-state index is 12.6. The van der Waals surface area contributed by atoms with Crippen molar-refractivity contribution in [3.63, 3.8) is 0 Å². The Balaban J connectivity index is 4.62. The smallest absolute Gasteiger partial charge is 0.462 e. The Bertz CT molecular complexity index is 1220. The molecule has 0 heterocycles. The quantitative estimate of drug-likeness (QED) is 0.0169. The number of esters is 2. The molecular weight excluding hydrogens is 778 g/mol. The number of rotatable bonds is 39. The van der Waals surface area contributed by atoms with Gasteiger partial charge in [-0.25, -0.2) is 9.13 Å². The number of carbonyl (C=O) groups is 2. The van der Waals surface area contributed by atoms with Crippen LogP contribution in [-0.2, 0) is 41.8 Å². The van der Waals surface area contributed by atoms with Crippen LogP contribution in [0.4, 0.5) is 0 Å². The molecule has 5 N–H and O–H groups in total. The lowest BCUT2D eigenvalue weighted by Crippen LogP contribution is -2.30. The van der Waals surface area contributed by atoms with Crippen molar-refractivity contribution >= 4 is 27.6 Å². The molecule has 0 radical (unpaired) electrons. The zero-order valence-electron chi connectivity index (χ0n) is 34.5. The molecule has 0 aliphatic carbocycles. The molecule has 4 atom stereocenters. The summed E-state index contributed by atoms with van der Waals surface area (Å²) in [5.41, 5.74) is 0. The fraction of sp³-hybridized carbons (Fsp3) is 0.756. The second-order valence-electron chi connectivity index (χ2n) is 14.2. The average Bonchev–Trinajstić information content (AvgIpc) is 3.17. The highest BCUT2D eigenvalue weighted by Crippen LogP contribution is 2.43.